The summed E-state index contributed by atoms with van der Waals surface area (Å²) in [5, 5.41) is 4.94. The molecule has 0 saturated carbocycles. The van der Waals surface area contributed by atoms with Gasteiger partial charge >= 0.3 is 0 Å². The van der Waals surface area contributed by atoms with E-state index in [1.54, 1.807) is 0 Å². The molecule has 0 amide bonds. The first-order valence-electron chi connectivity index (χ1n) is 15.7. The van der Waals surface area contributed by atoms with Crippen molar-refractivity contribution in [1.29, 1.82) is 0 Å². The molecule has 0 atom stereocenters. The molecule has 3 nitrogen and oxygen atoms in total. The molecule has 0 aliphatic heterocycles. The van der Waals surface area contributed by atoms with Crippen molar-refractivity contribution in [2.45, 2.75) is 0 Å². The van der Waals surface area contributed by atoms with Crippen molar-refractivity contribution in [3.8, 4) is 56.4 Å². The average molecular weight is 618 g/mol. The van der Waals surface area contributed by atoms with E-state index in [1.165, 1.54) is 42.2 Å². The fourth-order valence-corrected chi connectivity index (χ4v) is 7.48. The molecule has 47 heavy (non-hydrogen) atoms. The normalized spacial score (nSPS) is 11.4. The summed E-state index contributed by atoms with van der Waals surface area (Å²) < 4.78 is 2.61. The van der Waals surface area contributed by atoms with E-state index in [9.17, 15) is 0 Å². The van der Waals surface area contributed by atoms with Gasteiger partial charge < -0.3 is 0 Å². The van der Waals surface area contributed by atoms with Gasteiger partial charge in [-0.3, -0.25) is 0 Å². The minimum absolute atomic E-state index is 0.649. The molecule has 0 spiro atoms. The van der Waals surface area contributed by atoms with Gasteiger partial charge in [0, 0.05) is 36.9 Å². The largest absolute Gasteiger partial charge is 0.208 e. The van der Waals surface area contributed by atoms with Crippen molar-refractivity contribution in [2.75, 3.05) is 0 Å². The summed E-state index contributed by atoms with van der Waals surface area (Å²) in [6, 6.07) is 57.5. The molecule has 9 aromatic rings. The van der Waals surface area contributed by atoms with Gasteiger partial charge in [-0.2, -0.15) is 0 Å². The molecule has 0 radical (unpaired) electrons. The van der Waals surface area contributed by atoms with Crippen LogP contribution in [-0.4, -0.2) is 15.0 Å². The topological polar surface area (TPSA) is 38.7 Å². The van der Waals surface area contributed by atoms with Crippen LogP contribution in [0.2, 0.25) is 0 Å². The zero-order valence-corrected chi connectivity index (χ0v) is 26.2. The number of nitrogens with zero attached hydrogens (tertiary/aromatic N) is 3. The van der Waals surface area contributed by atoms with Crippen molar-refractivity contribution in [3.05, 3.63) is 164 Å². The lowest BCUT2D eigenvalue weighted by Crippen LogP contribution is -2.00. The molecule has 0 fully saturated rings. The van der Waals surface area contributed by atoms with Crippen LogP contribution in [0.1, 0.15) is 0 Å². The lowest BCUT2D eigenvalue weighted by Gasteiger charge is -2.11. The Bertz CT molecular complexity index is 2550. The molecule has 2 heterocycles. The zero-order chi connectivity index (χ0) is 31.2. The first kappa shape index (κ1) is 27.3. The summed E-state index contributed by atoms with van der Waals surface area (Å²) in [6.07, 6.45) is 0. The smallest absolute Gasteiger partial charge is 0.164 e. The van der Waals surface area contributed by atoms with E-state index in [-0.39, 0.29) is 0 Å². The molecule has 0 saturated heterocycles. The van der Waals surface area contributed by atoms with Gasteiger partial charge in [-0.25, -0.2) is 15.0 Å². The van der Waals surface area contributed by atoms with E-state index >= 15 is 0 Å². The van der Waals surface area contributed by atoms with Gasteiger partial charge in [-0.15, -0.1) is 11.3 Å². The molecule has 0 N–H and O–H groups in total. The Morgan fingerprint density at radius 1 is 0.340 bits per heavy atom. The van der Waals surface area contributed by atoms with Crippen LogP contribution in [0.25, 0.3) is 87.4 Å². The summed E-state index contributed by atoms with van der Waals surface area (Å²) in [5.41, 5.74) is 7.59. The van der Waals surface area contributed by atoms with E-state index in [1.807, 2.05) is 17.4 Å². The Balaban J connectivity index is 1.15. The lowest BCUT2D eigenvalue weighted by atomic mass is 9.98. The molecule has 220 valence electrons. The summed E-state index contributed by atoms with van der Waals surface area (Å²) in [6.45, 7) is 0. The van der Waals surface area contributed by atoms with Crippen molar-refractivity contribution in [1.82, 2.24) is 15.0 Å². The number of fused-ring (bicyclic) bond motifs is 4. The van der Waals surface area contributed by atoms with Gasteiger partial charge in [0.25, 0.3) is 0 Å². The van der Waals surface area contributed by atoms with Crippen LogP contribution in [-0.2, 0) is 0 Å². The number of benzene rings is 7. The number of rotatable bonds is 5. The van der Waals surface area contributed by atoms with Crippen molar-refractivity contribution >= 4 is 42.3 Å². The highest BCUT2D eigenvalue weighted by Crippen LogP contribution is 2.40. The van der Waals surface area contributed by atoms with Gasteiger partial charge in [0.15, 0.2) is 17.5 Å². The van der Waals surface area contributed by atoms with Gasteiger partial charge in [0.05, 0.1) is 0 Å². The third-order valence-corrected chi connectivity index (χ3v) is 9.89. The summed E-state index contributed by atoms with van der Waals surface area (Å²) in [5.74, 6) is 1.95. The molecule has 2 aromatic heterocycles. The maximum absolute atomic E-state index is 5.04. The van der Waals surface area contributed by atoms with E-state index in [0.29, 0.717) is 17.5 Å². The van der Waals surface area contributed by atoms with Gasteiger partial charge in [0.1, 0.15) is 0 Å². The SMILES string of the molecule is c1ccc(-c2ccc(-c3nc(-c4ccc(-c5cccc6sc7ccccc7c56)cc4)nc(-c4ccc5ccccc5c4)n3)cc2)cc1. The van der Waals surface area contributed by atoms with Crippen LogP contribution in [0, 0.1) is 0 Å². The molecule has 0 aliphatic carbocycles. The Kier molecular flexibility index (Phi) is 6.65. The average Bonchev–Trinajstić information content (AvgIpc) is 3.54. The maximum Gasteiger partial charge on any atom is 0.164 e. The van der Waals surface area contributed by atoms with Gasteiger partial charge in [-0.1, -0.05) is 146 Å². The minimum Gasteiger partial charge on any atom is -0.208 e. The second-order valence-electron chi connectivity index (χ2n) is 11.7. The van der Waals surface area contributed by atoms with E-state index in [0.717, 1.165) is 27.6 Å². The first-order valence-corrected chi connectivity index (χ1v) is 16.5. The Hall–Kier alpha value is -5.97. The molecule has 0 unspecified atom stereocenters. The van der Waals surface area contributed by atoms with Gasteiger partial charge in [0.2, 0.25) is 0 Å². The summed E-state index contributed by atoms with van der Waals surface area (Å²) in [4.78, 5) is 15.1. The Morgan fingerprint density at radius 2 is 0.872 bits per heavy atom. The fourth-order valence-electron chi connectivity index (χ4n) is 6.35. The maximum atomic E-state index is 5.04. The molecular weight excluding hydrogens is 591 g/mol. The van der Waals surface area contributed by atoms with E-state index < -0.39 is 0 Å². The highest BCUT2D eigenvalue weighted by molar-refractivity contribution is 7.25. The minimum atomic E-state index is 0.649. The predicted octanol–water partition coefficient (Wildman–Crippen LogP) is 11.7. The highest BCUT2D eigenvalue weighted by Gasteiger charge is 2.15. The van der Waals surface area contributed by atoms with Crippen LogP contribution >= 0.6 is 11.3 Å². The van der Waals surface area contributed by atoms with Crippen molar-refractivity contribution in [2.24, 2.45) is 0 Å². The lowest BCUT2D eigenvalue weighted by molar-refractivity contribution is 1.07. The van der Waals surface area contributed by atoms with Gasteiger partial charge in [-0.05, 0) is 51.2 Å². The number of hydrogen-bond acceptors (Lipinski definition) is 4. The van der Waals surface area contributed by atoms with Crippen molar-refractivity contribution in [3.63, 3.8) is 0 Å². The predicted molar refractivity (Wildman–Crippen MR) is 197 cm³/mol. The molecular formula is C43H27N3S. The second kappa shape index (κ2) is 11.4. The fraction of sp³-hybridized carbons (Fsp3) is 0. The third-order valence-electron chi connectivity index (χ3n) is 8.75. The third kappa shape index (κ3) is 5.05. The van der Waals surface area contributed by atoms with E-state index in [4.69, 9.17) is 15.0 Å². The molecule has 0 bridgehead atoms. The summed E-state index contributed by atoms with van der Waals surface area (Å²) in [7, 11) is 0. The van der Waals surface area contributed by atoms with Crippen LogP contribution in [0.4, 0.5) is 0 Å². The quantitative estimate of drug-likeness (QED) is 0.193. The molecule has 4 heteroatoms. The van der Waals surface area contributed by atoms with Crippen LogP contribution in [0.15, 0.2) is 164 Å². The molecule has 7 aromatic carbocycles. The number of hydrogen-bond donors (Lipinski definition) is 0. The number of thiophene rings is 1. The highest BCUT2D eigenvalue weighted by atomic mass is 32.1. The Morgan fingerprint density at radius 3 is 1.62 bits per heavy atom. The summed E-state index contributed by atoms with van der Waals surface area (Å²) >= 11 is 1.84. The number of aromatic nitrogens is 3. The monoisotopic (exact) mass is 617 g/mol. The second-order valence-corrected chi connectivity index (χ2v) is 12.7. The van der Waals surface area contributed by atoms with Crippen LogP contribution < -0.4 is 0 Å². The zero-order valence-electron chi connectivity index (χ0n) is 25.3. The molecule has 0 aliphatic rings. The Labute approximate surface area is 276 Å². The van der Waals surface area contributed by atoms with Crippen molar-refractivity contribution < 1.29 is 0 Å². The van der Waals surface area contributed by atoms with Crippen LogP contribution in [0.3, 0.4) is 0 Å². The van der Waals surface area contributed by atoms with E-state index in [2.05, 4.69) is 158 Å². The first-order chi connectivity index (χ1) is 23.3. The molecule has 9 rings (SSSR count). The standard InChI is InChI=1S/C43H27N3S/c1-2-9-28(10-3-1)30-17-22-32(23-18-30)41-44-42(46-43(45-41)35-26-19-29-11-4-5-12-34(29)27-35)33-24-20-31(21-25-33)36-14-8-16-39-40(36)37-13-6-7-15-38(37)47-39/h1-27H. The van der Waals surface area contributed by atoms with Crippen LogP contribution in [0.5, 0.6) is 0 Å².